The van der Waals surface area contributed by atoms with Crippen molar-refractivity contribution in [2.45, 2.75) is 87.0 Å². The Balaban J connectivity index is 0.000000155. The van der Waals surface area contributed by atoms with Crippen molar-refractivity contribution in [2.75, 3.05) is 13.1 Å². The molecule has 4 aromatic carbocycles. The van der Waals surface area contributed by atoms with Gasteiger partial charge in [0.05, 0.1) is 48.0 Å². The highest BCUT2D eigenvalue weighted by Gasteiger charge is 2.56. The molecule has 4 aliphatic rings. The van der Waals surface area contributed by atoms with E-state index in [1.54, 1.807) is 60.9 Å². The summed E-state index contributed by atoms with van der Waals surface area (Å²) in [5, 5.41) is 2.96. The van der Waals surface area contributed by atoms with Gasteiger partial charge >= 0.3 is 12.1 Å². The molecule has 2 saturated heterocycles. The zero-order valence-corrected chi connectivity index (χ0v) is 36.6. The van der Waals surface area contributed by atoms with Gasteiger partial charge in [0.25, 0.3) is 0 Å². The molecule has 13 heteroatoms. The Kier molecular flexibility index (Phi) is 14.7. The Morgan fingerprint density at radius 1 is 0.538 bits per heavy atom. The number of nitrogens with one attached hydrogen (secondary N) is 1. The maximum absolute atomic E-state index is 13.4. The molecule has 2 saturated carbocycles. The number of benzene rings is 4. The average Bonchev–Trinajstić information content (AvgIpc) is 4.25. The van der Waals surface area contributed by atoms with E-state index in [0.717, 1.165) is 72.2 Å². The number of fused-ring (bicyclic) bond motifs is 2. The van der Waals surface area contributed by atoms with Crippen LogP contribution >= 0.6 is 11.6 Å². The number of urea groups is 2. The molecule has 1 N–H and O–H groups in total. The first-order valence-corrected chi connectivity index (χ1v) is 22.7. The van der Waals surface area contributed by atoms with Crippen LogP contribution in [0.25, 0.3) is 0 Å². The molecule has 4 heterocycles. The summed E-state index contributed by atoms with van der Waals surface area (Å²) in [4.78, 5) is 39.0. The molecular formula is C52H51ClF4N6O2. The Labute approximate surface area is 382 Å². The Morgan fingerprint density at radius 2 is 0.969 bits per heavy atom. The van der Waals surface area contributed by atoms with Crippen LogP contribution in [0.2, 0.25) is 0 Å². The van der Waals surface area contributed by atoms with Crippen LogP contribution in [0, 0.1) is 23.3 Å². The second kappa shape index (κ2) is 21.1. The van der Waals surface area contributed by atoms with Crippen LogP contribution in [0.15, 0.2) is 146 Å². The van der Waals surface area contributed by atoms with Crippen molar-refractivity contribution in [1.82, 2.24) is 30.0 Å². The van der Waals surface area contributed by atoms with Gasteiger partial charge in [-0.1, -0.05) is 60.7 Å². The number of carbonyl (C=O) groups excluding carboxylic acids is 2. The fraction of sp³-hybridized carbons (Fsp3) is 0.308. The number of amides is 4. The topological polar surface area (TPSA) is 81.7 Å². The zero-order chi connectivity index (χ0) is 45.3. The van der Waals surface area contributed by atoms with E-state index in [0.29, 0.717) is 43.6 Å². The molecule has 0 radical (unpaired) electrons. The maximum Gasteiger partial charge on any atom is 0.321 e. The van der Waals surface area contributed by atoms with Crippen LogP contribution in [-0.4, -0.2) is 74.0 Å². The molecule has 4 amide bonds. The molecule has 0 spiro atoms. The summed E-state index contributed by atoms with van der Waals surface area (Å²) in [5.74, 6) is -0.509. The summed E-state index contributed by atoms with van der Waals surface area (Å²) in [7, 11) is 0. The van der Waals surface area contributed by atoms with Gasteiger partial charge in [-0.2, -0.15) is 0 Å². The van der Waals surface area contributed by atoms with Gasteiger partial charge in [0, 0.05) is 37.3 Å². The molecule has 2 aliphatic carbocycles. The first kappa shape index (κ1) is 45.3. The molecule has 65 heavy (non-hydrogen) atoms. The number of nitrogens with zero attached hydrogens (tertiary/aromatic N) is 5. The van der Waals surface area contributed by atoms with Crippen molar-refractivity contribution in [3.63, 3.8) is 0 Å². The predicted octanol–water partition coefficient (Wildman–Crippen LogP) is 11.2. The third-order valence-corrected chi connectivity index (χ3v) is 12.8. The van der Waals surface area contributed by atoms with Gasteiger partial charge in [0.15, 0.2) is 0 Å². The molecule has 2 aromatic heterocycles. The molecule has 2 aliphatic heterocycles. The summed E-state index contributed by atoms with van der Waals surface area (Å²) in [6.07, 6.45) is 8.81. The van der Waals surface area contributed by atoms with Gasteiger partial charge in [0.1, 0.15) is 23.3 Å². The van der Waals surface area contributed by atoms with E-state index >= 15 is 0 Å². The van der Waals surface area contributed by atoms with Crippen LogP contribution in [-0.2, 0) is 12.4 Å². The minimum Gasteiger partial charge on any atom is -0.333 e. The number of carbonyl (C=O) groups is 2. The van der Waals surface area contributed by atoms with Crippen LogP contribution in [0.4, 0.5) is 27.2 Å². The average molecular weight is 903 g/mol. The van der Waals surface area contributed by atoms with Gasteiger partial charge in [-0.15, -0.1) is 11.6 Å². The largest absolute Gasteiger partial charge is 0.333 e. The lowest BCUT2D eigenvalue weighted by molar-refractivity contribution is 0.173. The normalized spacial score (nSPS) is 19.0. The van der Waals surface area contributed by atoms with Crippen molar-refractivity contribution in [3.8, 4) is 0 Å². The lowest BCUT2D eigenvalue weighted by Gasteiger charge is -2.24. The fourth-order valence-corrected chi connectivity index (χ4v) is 9.14. The van der Waals surface area contributed by atoms with Crippen LogP contribution < -0.4 is 5.32 Å². The first-order chi connectivity index (χ1) is 31.6. The van der Waals surface area contributed by atoms with Gasteiger partial charge in [0.2, 0.25) is 0 Å². The minimum absolute atomic E-state index is 0.0218. The summed E-state index contributed by atoms with van der Waals surface area (Å²) in [6, 6.07) is 38.8. The smallest absolute Gasteiger partial charge is 0.321 e. The van der Waals surface area contributed by atoms with E-state index in [9.17, 15) is 27.2 Å². The molecule has 336 valence electrons. The van der Waals surface area contributed by atoms with E-state index in [2.05, 4.69) is 15.3 Å². The van der Waals surface area contributed by atoms with Gasteiger partial charge < -0.3 is 20.0 Å². The van der Waals surface area contributed by atoms with Crippen molar-refractivity contribution in [1.29, 1.82) is 0 Å². The Morgan fingerprint density at radius 3 is 1.35 bits per heavy atom. The third-order valence-electron chi connectivity index (χ3n) is 12.5. The first-order valence-electron chi connectivity index (χ1n) is 22.2. The van der Waals surface area contributed by atoms with Crippen molar-refractivity contribution < 1.29 is 27.2 Å². The maximum atomic E-state index is 13.4. The number of aromatic nitrogens is 2. The van der Waals surface area contributed by atoms with Crippen molar-refractivity contribution >= 4 is 23.7 Å². The zero-order valence-electron chi connectivity index (χ0n) is 35.8. The van der Waals surface area contributed by atoms with E-state index in [1.165, 1.54) is 48.5 Å². The molecule has 6 aromatic rings. The van der Waals surface area contributed by atoms with Crippen LogP contribution in [0.5, 0.6) is 0 Å². The quantitative estimate of drug-likeness (QED) is 0.0822. The number of alkyl halides is 1. The summed E-state index contributed by atoms with van der Waals surface area (Å²) in [6.45, 7) is 1.94. The highest BCUT2D eigenvalue weighted by molar-refractivity contribution is 6.16. The molecule has 0 unspecified atom stereocenters. The van der Waals surface area contributed by atoms with Gasteiger partial charge in [-0.05, 0) is 134 Å². The standard InChI is InChI=1S/C26H25F2N3O.C20H20F2N2O.C6H6ClN/c27-20-10-6-18(7-11-20)23(19-8-12-21(28)13-9-19)5-3-15-30-24-16-25(24)31(26(30)32)17-22-4-1-2-14-29-22;21-15-7-3-13(4-8-15)17(14-5-9-16(22)10-6-14)2-1-11-24-19-12-18(19)23-20(24)25;7-5-6-3-1-2-4-8-6/h1-2,4,6-14,23-25H,3,5,15-17H2;3-10,17-19H,1-2,11-12H2,(H,23,25);1-4H,5H2/t24-,25+;18-,19+;/m01./s1. The van der Waals surface area contributed by atoms with E-state index in [4.69, 9.17) is 11.6 Å². The summed E-state index contributed by atoms with van der Waals surface area (Å²) >= 11 is 5.46. The molecular weight excluding hydrogens is 852 g/mol. The summed E-state index contributed by atoms with van der Waals surface area (Å²) in [5.41, 5.74) is 5.82. The third kappa shape index (κ3) is 11.7. The molecule has 4 atom stereocenters. The fourth-order valence-electron chi connectivity index (χ4n) is 8.98. The highest BCUT2D eigenvalue weighted by atomic mass is 35.5. The predicted molar refractivity (Wildman–Crippen MR) is 243 cm³/mol. The van der Waals surface area contributed by atoms with Crippen molar-refractivity contribution in [2.24, 2.45) is 0 Å². The Bertz CT molecular complexity index is 2380. The number of hydrogen-bond acceptors (Lipinski definition) is 4. The number of halogens is 5. The van der Waals surface area contributed by atoms with E-state index < -0.39 is 0 Å². The minimum atomic E-state index is -0.276. The number of hydrogen-bond donors (Lipinski definition) is 1. The molecule has 4 fully saturated rings. The SMILES string of the molecule is ClCc1ccccn1.O=C1N(Cc2ccccn2)[C@@H]2C[C@@H]2N1CCCC(c1ccc(F)cc1)c1ccc(F)cc1.O=C1N[C@@H]2C[C@@H]2N1CCCC(c1ccc(F)cc1)c1ccc(F)cc1. The second-order valence-electron chi connectivity index (χ2n) is 16.9. The molecule has 8 nitrogen and oxygen atoms in total. The highest BCUT2D eigenvalue weighted by Crippen LogP contribution is 2.42. The number of rotatable bonds is 15. The lowest BCUT2D eigenvalue weighted by atomic mass is 9.87. The summed E-state index contributed by atoms with van der Waals surface area (Å²) < 4.78 is 53.4. The number of pyridine rings is 2. The lowest BCUT2D eigenvalue weighted by Crippen LogP contribution is -2.37. The van der Waals surface area contributed by atoms with E-state index in [1.807, 2.05) is 51.1 Å². The van der Waals surface area contributed by atoms with Crippen LogP contribution in [0.1, 0.15) is 84.0 Å². The second-order valence-corrected chi connectivity index (χ2v) is 17.2. The van der Waals surface area contributed by atoms with Gasteiger partial charge in [-0.25, -0.2) is 27.2 Å². The molecule has 0 bridgehead atoms. The van der Waals surface area contributed by atoms with Crippen LogP contribution in [0.3, 0.4) is 0 Å². The molecule has 10 rings (SSSR count). The van der Waals surface area contributed by atoms with Gasteiger partial charge in [-0.3, -0.25) is 9.97 Å². The van der Waals surface area contributed by atoms with E-state index in [-0.39, 0.29) is 53.2 Å². The Hall–Kier alpha value is -6.27. The van der Waals surface area contributed by atoms with Crippen molar-refractivity contribution in [3.05, 3.63) is 203 Å². The monoisotopic (exact) mass is 902 g/mol.